The Morgan fingerprint density at radius 2 is 2.17 bits per heavy atom. The van der Waals surface area contributed by atoms with Crippen molar-refractivity contribution in [1.29, 1.82) is 0 Å². The van der Waals surface area contributed by atoms with Crippen molar-refractivity contribution >= 4 is 38.9 Å². The van der Waals surface area contributed by atoms with Gasteiger partial charge in [-0.25, -0.2) is 9.97 Å². The second-order valence-electron chi connectivity index (χ2n) is 7.84. The van der Waals surface area contributed by atoms with Crippen molar-refractivity contribution in [3.8, 4) is 5.88 Å². The summed E-state index contributed by atoms with van der Waals surface area (Å²) >= 11 is 1.71. The van der Waals surface area contributed by atoms with E-state index in [1.54, 1.807) is 23.5 Å². The lowest BCUT2D eigenvalue weighted by atomic mass is 9.89. The van der Waals surface area contributed by atoms with E-state index in [1.807, 2.05) is 6.07 Å². The topological polar surface area (TPSA) is 81.2 Å². The number of thiophene rings is 1. The van der Waals surface area contributed by atoms with Gasteiger partial charge in [-0.3, -0.25) is 9.59 Å². The van der Waals surface area contributed by atoms with Crippen molar-refractivity contribution in [1.82, 2.24) is 9.97 Å². The molecule has 1 aliphatic carbocycles. The molecule has 148 valence electrons. The van der Waals surface area contributed by atoms with E-state index in [0.29, 0.717) is 30.2 Å². The van der Waals surface area contributed by atoms with E-state index < -0.39 is 0 Å². The predicted octanol–water partition coefficient (Wildman–Crippen LogP) is 3.96. The minimum atomic E-state index is -0.103. The summed E-state index contributed by atoms with van der Waals surface area (Å²) in [5, 5.41) is 3.81. The molecule has 3 heterocycles. The summed E-state index contributed by atoms with van der Waals surface area (Å²) in [4.78, 5) is 35.3. The Morgan fingerprint density at radius 3 is 3.07 bits per heavy atom. The fourth-order valence-electron chi connectivity index (χ4n) is 4.13. The van der Waals surface area contributed by atoms with Gasteiger partial charge >= 0.3 is 0 Å². The molecule has 1 N–H and O–H groups in total. The quantitative estimate of drug-likeness (QED) is 0.662. The lowest BCUT2D eigenvalue weighted by Gasteiger charge is -2.18. The highest BCUT2D eigenvalue weighted by Gasteiger charge is 2.24. The van der Waals surface area contributed by atoms with Crippen LogP contribution in [-0.2, 0) is 24.1 Å². The third-order valence-corrected chi connectivity index (χ3v) is 6.88. The van der Waals surface area contributed by atoms with Crippen molar-refractivity contribution in [3.63, 3.8) is 0 Å². The Hall–Kier alpha value is -2.80. The number of hydrogen-bond donors (Lipinski definition) is 1. The molecule has 0 bridgehead atoms. The van der Waals surface area contributed by atoms with Crippen LogP contribution in [0, 0.1) is 5.92 Å². The van der Waals surface area contributed by atoms with Gasteiger partial charge in [-0.2, -0.15) is 0 Å². The number of hydrogen-bond acceptors (Lipinski definition) is 6. The van der Waals surface area contributed by atoms with E-state index in [0.717, 1.165) is 40.7 Å². The maximum absolute atomic E-state index is 12.7. The Balaban J connectivity index is 1.37. The van der Waals surface area contributed by atoms with Crippen LogP contribution >= 0.6 is 11.3 Å². The first kappa shape index (κ1) is 18.2. The van der Waals surface area contributed by atoms with Gasteiger partial charge < -0.3 is 10.1 Å². The zero-order valence-corrected chi connectivity index (χ0v) is 17.0. The molecule has 0 saturated carbocycles. The maximum atomic E-state index is 12.7. The third-order valence-electron chi connectivity index (χ3n) is 5.72. The normalized spacial score (nSPS) is 18.1. The number of Topliss-reactive ketones (excluding diaryl/α,β-unsaturated/α-hetero) is 1. The summed E-state index contributed by atoms with van der Waals surface area (Å²) in [7, 11) is 0. The predicted molar refractivity (Wildman–Crippen MR) is 112 cm³/mol. The number of fused-ring (bicyclic) bond motifs is 4. The lowest BCUT2D eigenvalue weighted by molar-refractivity contribution is -0.116. The molecule has 2 aromatic heterocycles. The number of nitrogens with one attached hydrogen (secondary N) is 1. The number of nitrogens with zero attached hydrogens (tertiary/aromatic N) is 2. The molecule has 7 heteroatoms. The number of carbonyl (C=O) groups is 2. The van der Waals surface area contributed by atoms with Crippen molar-refractivity contribution in [2.45, 2.75) is 39.0 Å². The van der Waals surface area contributed by atoms with Gasteiger partial charge in [0.1, 0.15) is 11.2 Å². The second-order valence-corrected chi connectivity index (χ2v) is 8.93. The molecule has 3 aromatic rings. The Morgan fingerprint density at radius 1 is 1.28 bits per heavy atom. The van der Waals surface area contributed by atoms with Crippen molar-refractivity contribution in [2.24, 2.45) is 5.92 Å². The highest BCUT2D eigenvalue weighted by atomic mass is 32.1. The first-order chi connectivity index (χ1) is 14.1. The molecular weight excluding hydrogens is 386 g/mol. The van der Waals surface area contributed by atoms with Gasteiger partial charge in [0, 0.05) is 22.5 Å². The van der Waals surface area contributed by atoms with E-state index in [2.05, 4.69) is 22.2 Å². The largest absolute Gasteiger partial charge is 0.469 e. The van der Waals surface area contributed by atoms with Crippen molar-refractivity contribution in [3.05, 3.63) is 46.1 Å². The summed E-state index contributed by atoms with van der Waals surface area (Å²) in [6.45, 7) is 2.21. The van der Waals surface area contributed by atoms with Gasteiger partial charge in [-0.1, -0.05) is 6.92 Å². The highest BCUT2D eigenvalue weighted by Crippen LogP contribution is 2.40. The Labute approximate surface area is 172 Å². The zero-order valence-electron chi connectivity index (χ0n) is 16.2. The molecule has 29 heavy (non-hydrogen) atoms. The average Bonchev–Trinajstić information content (AvgIpc) is 3.09. The first-order valence-corrected chi connectivity index (χ1v) is 10.7. The summed E-state index contributed by atoms with van der Waals surface area (Å²) in [6, 6.07) is 5.38. The van der Waals surface area contributed by atoms with Crippen molar-refractivity contribution < 1.29 is 14.3 Å². The van der Waals surface area contributed by atoms with Crippen LogP contribution in [0.5, 0.6) is 5.88 Å². The van der Waals surface area contributed by atoms with Crippen LogP contribution in [0.15, 0.2) is 24.5 Å². The first-order valence-electron chi connectivity index (χ1n) is 9.92. The minimum Gasteiger partial charge on any atom is -0.469 e. The fraction of sp³-hybridized carbons (Fsp3) is 0.364. The van der Waals surface area contributed by atoms with Crippen LogP contribution in [-0.4, -0.2) is 28.3 Å². The molecule has 0 radical (unpaired) electrons. The molecule has 1 amide bonds. The molecule has 1 aliphatic heterocycles. The summed E-state index contributed by atoms with van der Waals surface area (Å²) in [5.74, 6) is 1.10. The zero-order chi connectivity index (χ0) is 20.0. The number of anilines is 1. The molecule has 1 aromatic carbocycles. The smallest absolute Gasteiger partial charge is 0.226 e. The van der Waals surface area contributed by atoms with Crippen LogP contribution in [0.3, 0.4) is 0 Å². The van der Waals surface area contributed by atoms with Gasteiger partial charge in [0.15, 0.2) is 12.4 Å². The van der Waals surface area contributed by atoms with Crippen LogP contribution in [0.2, 0.25) is 0 Å². The Kier molecular flexibility index (Phi) is 4.54. The Bertz CT molecular complexity index is 1140. The summed E-state index contributed by atoms with van der Waals surface area (Å²) in [5.41, 5.74) is 3.65. The van der Waals surface area contributed by atoms with Crippen LogP contribution < -0.4 is 10.1 Å². The molecule has 0 saturated heterocycles. The monoisotopic (exact) mass is 407 g/mol. The second kappa shape index (κ2) is 7.22. The third kappa shape index (κ3) is 3.40. The molecule has 5 rings (SSSR count). The molecule has 1 atom stereocenters. The number of amides is 1. The average molecular weight is 407 g/mol. The number of benzene rings is 1. The van der Waals surface area contributed by atoms with E-state index in [9.17, 15) is 9.59 Å². The van der Waals surface area contributed by atoms with Gasteiger partial charge in [0.05, 0.1) is 5.39 Å². The van der Waals surface area contributed by atoms with E-state index >= 15 is 0 Å². The molecule has 1 unspecified atom stereocenters. The van der Waals surface area contributed by atoms with Gasteiger partial charge in [0.25, 0.3) is 0 Å². The van der Waals surface area contributed by atoms with Crippen LogP contribution in [0.4, 0.5) is 5.69 Å². The fourth-order valence-corrected chi connectivity index (χ4v) is 5.47. The molecule has 6 nitrogen and oxygen atoms in total. The lowest BCUT2D eigenvalue weighted by Crippen LogP contribution is -2.20. The number of ether oxygens (including phenoxy) is 1. The highest BCUT2D eigenvalue weighted by molar-refractivity contribution is 7.18. The van der Waals surface area contributed by atoms with Crippen molar-refractivity contribution in [2.75, 3.05) is 11.9 Å². The molecular formula is C22H21N3O3S. The van der Waals surface area contributed by atoms with E-state index in [-0.39, 0.29) is 18.3 Å². The SMILES string of the molecule is CC1CCc2c(sc3ncnc(OCC(=O)c4ccc5c(c4)CCC(=O)N5)c23)C1. The number of ketones is 1. The maximum Gasteiger partial charge on any atom is 0.226 e. The number of rotatable bonds is 4. The number of carbonyl (C=O) groups excluding carboxylic acids is 2. The van der Waals surface area contributed by atoms with Gasteiger partial charge in [-0.05, 0) is 60.9 Å². The van der Waals surface area contributed by atoms with Crippen LogP contribution in [0.25, 0.3) is 10.2 Å². The van der Waals surface area contributed by atoms with Gasteiger partial charge in [-0.15, -0.1) is 11.3 Å². The summed E-state index contributed by atoms with van der Waals surface area (Å²) < 4.78 is 5.88. The minimum absolute atomic E-state index is 0.0150. The molecule has 0 spiro atoms. The van der Waals surface area contributed by atoms with E-state index in [4.69, 9.17) is 4.74 Å². The van der Waals surface area contributed by atoms with E-state index in [1.165, 1.54) is 16.8 Å². The summed E-state index contributed by atoms with van der Waals surface area (Å²) in [6.07, 6.45) is 5.83. The van der Waals surface area contributed by atoms with Gasteiger partial charge in [0.2, 0.25) is 11.8 Å². The number of aromatic nitrogens is 2. The standard InChI is InChI=1S/C22H21N3O3S/c1-12-2-5-15-18(8-12)29-22-20(15)21(23-11-24-22)28-10-17(26)14-3-6-16-13(9-14)4-7-19(27)25-16/h3,6,9,11-12H,2,4-5,7-8,10H2,1H3,(H,25,27). The number of aryl methyl sites for hydroxylation is 2. The van der Waals surface area contributed by atoms with Crippen LogP contribution in [0.1, 0.15) is 46.1 Å². The molecule has 2 aliphatic rings. The molecule has 0 fully saturated rings.